The highest BCUT2D eigenvalue weighted by Crippen LogP contribution is 2.49. The molecule has 3 heteroatoms. The van der Waals surface area contributed by atoms with Gasteiger partial charge in [-0.3, -0.25) is 0 Å². The summed E-state index contributed by atoms with van der Waals surface area (Å²) in [7, 11) is 0. The summed E-state index contributed by atoms with van der Waals surface area (Å²) in [6, 6.07) is 22.8. The maximum Gasteiger partial charge on any atom is 0.159 e. The van der Waals surface area contributed by atoms with Crippen LogP contribution in [0.15, 0.2) is 137 Å². The smallest absolute Gasteiger partial charge is 0.159 e. The number of aromatic nitrogens is 1. The molecule has 0 saturated carbocycles. The number of hydrogen-bond donors (Lipinski definition) is 0. The Kier molecular flexibility index (Phi) is 5.48. The van der Waals surface area contributed by atoms with Gasteiger partial charge in [0.1, 0.15) is 5.58 Å². The van der Waals surface area contributed by atoms with Crippen molar-refractivity contribution in [2.24, 2.45) is 5.92 Å². The van der Waals surface area contributed by atoms with Crippen LogP contribution in [0.25, 0.3) is 44.5 Å². The molecule has 45 heavy (non-hydrogen) atoms. The summed E-state index contributed by atoms with van der Waals surface area (Å²) >= 11 is 0. The maximum atomic E-state index is 6.54. The molecular weight excluding hydrogens is 548 g/mol. The minimum Gasteiger partial charge on any atom is -0.454 e. The summed E-state index contributed by atoms with van der Waals surface area (Å²) in [5, 5.41) is 3.75. The topological polar surface area (TPSA) is 21.3 Å². The highest BCUT2D eigenvalue weighted by atomic mass is 16.3. The van der Waals surface area contributed by atoms with Crippen molar-refractivity contribution in [2.75, 3.05) is 4.90 Å². The molecule has 0 saturated heterocycles. The number of para-hydroxylation sites is 2. The van der Waals surface area contributed by atoms with E-state index in [0.717, 1.165) is 43.3 Å². The molecule has 3 nitrogen and oxygen atoms in total. The van der Waals surface area contributed by atoms with Crippen molar-refractivity contribution in [3.05, 3.63) is 150 Å². The van der Waals surface area contributed by atoms with Crippen LogP contribution < -0.4 is 4.90 Å². The Hall–Kier alpha value is -5.02. The molecule has 3 atom stereocenters. The van der Waals surface area contributed by atoms with Crippen molar-refractivity contribution in [1.82, 2.24) is 4.57 Å². The summed E-state index contributed by atoms with van der Waals surface area (Å²) in [6.45, 7) is 0. The molecule has 218 valence electrons. The van der Waals surface area contributed by atoms with E-state index >= 15 is 0 Å². The first kappa shape index (κ1) is 25.3. The summed E-state index contributed by atoms with van der Waals surface area (Å²) in [4.78, 5) is 2.58. The van der Waals surface area contributed by atoms with E-state index in [2.05, 4.69) is 137 Å². The molecule has 10 rings (SSSR count). The second kappa shape index (κ2) is 9.74. The van der Waals surface area contributed by atoms with E-state index in [-0.39, 0.29) is 6.04 Å². The number of rotatable bonds is 3. The van der Waals surface area contributed by atoms with Gasteiger partial charge >= 0.3 is 0 Å². The van der Waals surface area contributed by atoms with Gasteiger partial charge in [-0.05, 0) is 73.1 Å². The minimum absolute atomic E-state index is 0.229. The van der Waals surface area contributed by atoms with Gasteiger partial charge in [0.05, 0.1) is 17.8 Å². The van der Waals surface area contributed by atoms with Gasteiger partial charge in [-0.15, -0.1) is 0 Å². The predicted octanol–water partition coefficient (Wildman–Crippen LogP) is 10.6. The Morgan fingerprint density at radius 2 is 1.67 bits per heavy atom. The zero-order valence-electron chi connectivity index (χ0n) is 25.2. The highest BCUT2D eigenvalue weighted by Gasteiger charge is 2.41. The summed E-state index contributed by atoms with van der Waals surface area (Å²) in [6.07, 6.45) is 31.2. The van der Waals surface area contributed by atoms with Crippen LogP contribution >= 0.6 is 0 Å². The molecule has 0 amide bonds. The van der Waals surface area contributed by atoms with Crippen molar-refractivity contribution in [1.29, 1.82) is 0 Å². The third-order valence-electron chi connectivity index (χ3n) is 10.6. The van der Waals surface area contributed by atoms with E-state index in [1.807, 2.05) is 0 Å². The van der Waals surface area contributed by atoms with Crippen LogP contribution in [0.4, 0.5) is 5.69 Å². The molecular formula is C42H34N2O. The van der Waals surface area contributed by atoms with E-state index in [1.54, 1.807) is 0 Å². The first-order valence-corrected chi connectivity index (χ1v) is 16.5. The second-order valence-corrected chi connectivity index (χ2v) is 13.0. The van der Waals surface area contributed by atoms with Crippen LogP contribution in [0.3, 0.4) is 0 Å². The van der Waals surface area contributed by atoms with E-state index in [1.165, 1.54) is 61.0 Å². The van der Waals surface area contributed by atoms with Crippen LogP contribution in [0.1, 0.15) is 48.5 Å². The van der Waals surface area contributed by atoms with Crippen LogP contribution in [0.5, 0.6) is 0 Å². The van der Waals surface area contributed by atoms with Gasteiger partial charge in [0.2, 0.25) is 0 Å². The standard InChI is InChI=1S/C42H34N2O/c1-2-11-29(12-3-1)43-36-17-7-4-13-30(36)34-25-27(21-23-38(34)43)28-22-24-39-35(26-28)31-14-5-8-18-37(31)44(39)40-19-10-16-33-32-15-6-9-20-41(32)45-42(33)40/h1-6,9-11,13-16,19-26,29,35,39H,7-8,12,17-18H2. The van der Waals surface area contributed by atoms with E-state index in [0.29, 0.717) is 12.0 Å². The lowest BCUT2D eigenvalue weighted by Crippen LogP contribution is -2.33. The molecule has 0 bridgehead atoms. The molecule has 4 aliphatic carbocycles. The molecule has 0 spiro atoms. The monoisotopic (exact) mass is 582 g/mol. The van der Waals surface area contributed by atoms with Crippen LogP contribution in [-0.4, -0.2) is 10.6 Å². The molecule has 3 aromatic carbocycles. The quantitative estimate of drug-likeness (QED) is 0.211. The zero-order valence-corrected chi connectivity index (χ0v) is 25.2. The number of anilines is 1. The first-order chi connectivity index (χ1) is 22.3. The third kappa shape index (κ3) is 3.70. The zero-order chi connectivity index (χ0) is 29.5. The lowest BCUT2D eigenvalue weighted by Gasteiger charge is -2.31. The molecule has 0 fully saturated rings. The van der Waals surface area contributed by atoms with Gasteiger partial charge in [-0.2, -0.15) is 0 Å². The Bertz CT molecular complexity index is 2280. The molecule has 5 aliphatic rings. The lowest BCUT2D eigenvalue weighted by molar-refractivity contribution is 0.599. The SMILES string of the molecule is C1=CCC(n2c3c(c4cc(C5=CC6C7=C(CCC=C7)N(c7cccc8c7oc7ccccc78)C6C=C5)ccc42)C=CCC3)C=C1. The van der Waals surface area contributed by atoms with Crippen molar-refractivity contribution in [3.63, 3.8) is 0 Å². The van der Waals surface area contributed by atoms with Gasteiger partial charge in [0.15, 0.2) is 5.58 Å². The van der Waals surface area contributed by atoms with Gasteiger partial charge in [0.25, 0.3) is 0 Å². The second-order valence-electron chi connectivity index (χ2n) is 13.0. The number of furan rings is 1. The highest BCUT2D eigenvalue weighted by molar-refractivity contribution is 6.09. The molecule has 2 aromatic heterocycles. The van der Waals surface area contributed by atoms with Crippen LogP contribution in [0.2, 0.25) is 0 Å². The maximum absolute atomic E-state index is 6.54. The van der Waals surface area contributed by atoms with Gasteiger partial charge in [-0.1, -0.05) is 103 Å². The van der Waals surface area contributed by atoms with Crippen LogP contribution in [0, 0.1) is 5.92 Å². The van der Waals surface area contributed by atoms with E-state index in [9.17, 15) is 0 Å². The molecule has 5 aromatic rings. The molecule has 0 N–H and O–H groups in total. The van der Waals surface area contributed by atoms with Crippen molar-refractivity contribution in [2.45, 2.75) is 44.2 Å². The molecule has 3 unspecified atom stereocenters. The summed E-state index contributed by atoms with van der Waals surface area (Å²) in [5.41, 5.74) is 12.9. The van der Waals surface area contributed by atoms with Crippen molar-refractivity contribution in [3.8, 4) is 0 Å². The Labute approximate surface area is 263 Å². The lowest BCUT2D eigenvalue weighted by atomic mass is 9.84. The number of hydrogen-bond acceptors (Lipinski definition) is 2. The molecule has 1 aliphatic heterocycles. The number of fused-ring (bicyclic) bond motifs is 8. The van der Waals surface area contributed by atoms with Gasteiger partial charge < -0.3 is 13.9 Å². The third-order valence-corrected chi connectivity index (χ3v) is 10.6. The largest absolute Gasteiger partial charge is 0.454 e. The minimum atomic E-state index is 0.229. The molecule has 3 heterocycles. The van der Waals surface area contributed by atoms with Crippen molar-refractivity contribution >= 4 is 50.2 Å². The van der Waals surface area contributed by atoms with Crippen molar-refractivity contribution < 1.29 is 4.42 Å². The number of benzene rings is 3. The average molecular weight is 583 g/mol. The summed E-state index contributed by atoms with van der Waals surface area (Å²) in [5.74, 6) is 0.296. The average Bonchev–Trinajstić information content (AvgIpc) is 3.76. The van der Waals surface area contributed by atoms with E-state index < -0.39 is 0 Å². The van der Waals surface area contributed by atoms with Gasteiger partial charge in [0, 0.05) is 44.5 Å². The Balaban J connectivity index is 1.08. The van der Waals surface area contributed by atoms with E-state index in [4.69, 9.17) is 4.42 Å². The van der Waals surface area contributed by atoms with Crippen LogP contribution in [-0.2, 0) is 6.42 Å². The predicted molar refractivity (Wildman–Crippen MR) is 187 cm³/mol. The fourth-order valence-corrected chi connectivity index (χ4v) is 8.60. The normalized spacial score (nSPS) is 23.3. The summed E-state index contributed by atoms with van der Waals surface area (Å²) < 4.78 is 9.15. The fourth-order valence-electron chi connectivity index (χ4n) is 8.60. The Morgan fingerprint density at radius 3 is 2.62 bits per heavy atom. The fraction of sp³-hybridized carbons (Fsp3) is 0.190. The first-order valence-electron chi connectivity index (χ1n) is 16.5. The van der Waals surface area contributed by atoms with Gasteiger partial charge in [-0.25, -0.2) is 0 Å². The number of allylic oxidation sites excluding steroid dienone is 10. The Morgan fingerprint density at radius 1 is 0.756 bits per heavy atom. The molecule has 0 radical (unpaired) electrons. The number of nitrogens with zero attached hydrogens (tertiary/aromatic N) is 2.